The van der Waals surface area contributed by atoms with Crippen LogP contribution in [-0.4, -0.2) is 32.9 Å². The molecule has 4 heterocycles. The molecule has 0 aromatic carbocycles. The van der Waals surface area contributed by atoms with Gasteiger partial charge in [0.2, 0.25) is 0 Å². The van der Waals surface area contributed by atoms with Crippen LogP contribution in [0.3, 0.4) is 0 Å². The maximum absolute atomic E-state index is 4.62. The largest absolute Gasteiger partial charge is 0.325 e. The number of thiazole rings is 1. The first-order valence-electron chi connectivity index (χ1n) is 8.68. The molecular formula is C19H23Cl2N5S. The van der Waals surface area contributed by atoms with Crippen molar-refractivity contribution < 1.29 is 0 Å². The average molecular weight is 424 g/mol. The second-order valence-corrected chi connectivity index (χ2v) is 7.15. The van der Waals surface area contributed by atoms with Crippen LogP contribution in [0.2, 0.25) is 0 Å². The van der Waals surface area contributed by atoms with Crippen LogP contribution in [0.4, 0.5) is 11.6 Å². The minimum atomic E-state index is 0. The number of nitrogens with zero attached hydrogens (tertiary/aromatic N) is 4. The molecule has 5 nitrogen and oxygen atoms in total. The van der Waals surface area contributed by atoms with Crippen LogP contribution < -0.4 is 5.32 Å². The van der Waals surface area contributed by atoms with E-state index >= 15 is 0 Å². The van der Waals surface area contributed by atoms with Gasteiger partial charge in [0.25, 0.3) is 0 Å². The van der Waals surface area contributed by atoms with Crippen molar-refractivity contribution in [2.45, 2.75) is 25.8 Å². The Hall–Kier alpha value is -1.73. The average Bonchev–Trinajstić information content (AvgIpc) is 3.19. The van der Waals surface area contributed by atoms with E-state index in [1.54, 1.807) is 17.5 Å². The molecule has 1 N–H and O–H groups in total. The van der Waals surface area contributed by atoms with Gasteiger partial charge in [-0.25, -0.2) is 15.0 Å². The molecule has 1 fully saturated rings. The van der Waals surface area contributed by atoms with Gasteiger partial charge in [0, 0.05) is 24.3 Å². The number of hydrogen-bond acceptors (Lipinski definition) is 6. The summed E-state index contributed by atoms with van der Waals surface area (Å²) >= 11 is 1.59. The maximum atomic E-state index is 4.62. The zero-order chi connectivity index (χ0) is 16.9. The van der Waals surface area contributed by atoms with Crippen LogP contribution in [0.5, 0.6) is 0 Å². The van der Waals surface area contributed by atoms with Crippen LogP contribution in [0, 0.1) is 0 Å². The Labute approximate surface area is 176 Å². The quantitative estimate of drug-likeness (QED) is 0.612. The first-order valence-corrected chi connectivity index (χ1v) is 9.56. The molecular weight excluding hydrogens is 401 g/mol. The second-order valence-electron chi connectivity index (χ2n) is 6.26. The Morgan fingerprint density at radius 1 is 0.963 bits per heavy atom. The van der Waals surface area contributed by atoms with E-state index in [4.69, 9.17) is 0 Å². The molecule has 8 heteroatoms. The van der Waals surface area contributed by atoms with Crippen molar-refractivity contribution >= 4 is 47.8 Å². The Morgan fingerprint density at radius 2 is 1.81 bits per heavy atom. The van der Waals surface area contributed by atoms with Crippen molar-refractivity contribution in [3.63, 3.8) is 0 Å². The van der Waals surface area contributed by atoms with E-state index < -0.39 is 0 Å². The molecule has 0 bridgehead atoms. The highest BCUT2D eigenvalue weighted by molar-refractivity contribution is 7.13. The van der Waals surface area contributed by atoms with Crippen molar-refractivity contribution in [2.24, 2.45) is 0 Å². The van der Waals surface area contributed by atoms with Gasteiger partial charge in [-0.1, -0.05) is 18.6 Å². The third-order valence-corrected chi connectivity index (χ3v) is 5.13. The zero-order valence-corrected chi connectivity index (χ0v) is 17.3. The fourth-order valence-electron chi connectivity index (χ4n) is 3.07. The van der Waals surface area contributed by atoms with Crippen molar-refractivity contribution in [1.82, 2.24) is 19.9 Å². The Balaban J connectivity index is 0.00000131. The van der Waals surface area contributed by atoms with Gasteiger partial charge >= 0.3 is 0 Å². The first-order chi connectivity index (χ1) is 12.4. The minimum Gasteiger partial charge on any atom is -0.325 e. The predicted octanol–water partition coefficient (Wildman–Crippen LogP) is 5.17. The fraction of sp³-hybridized carbons (Fsp3) is 0.316. The standard InChI is InChI=1S/C19H21N5S.2ClH/c1-2-10-24(11-3-1)14-15-7-8-17(21-13-15)23-18-6-4-5-16(22-18)19-20-9-12-25-19;;/h4-9,12-13H,1-3,10-11,14H2,(H,21,22,23);2*1H. The summed E-state index contributed by atoms with van der Waals surface area (Å²) in [6.45, 7) is 3.39. The summed E-state index contributed by atoms with van der Waals surface area (Å²) in [6.07, 6.45) is 7.75. The summed E-state index contributed by atoms with van der Waals surface area (Å²) in [5, 5.41) is 6.16. The number of hydrogen-bond donors (Lipinski definition) is 1. The summed E-state index contributed by atoms with van der Waals surface area (Å²) in [5.74, 6) is 1.59. The lowest BCUT2D eigenvalue weighted by Crippen LogP contribution is -2.29. The molecule has 1 aliphatic rings. The van der Waals surface area contributed by atoms with Crippen LogP contribution in [0.25, 0.3) is 10.7 Å². The van der Waals surface area contributed by atoms with Gasteiger partial charge in [0.15, 0.2) is 0 Å². The Morgan fingerprint density at radius 3 is 2.52 bits per heavy atom. The van der Waals surface area contributed by atoms with Crippen molar-refractivity contribution in [2.75, 3.05) is 18.4 Å². The highest BCUT2D eigenvalue weighted by Crippen LogP contribution is 2.22. The van der Waals surface area contributed by atoms with Crippen LogP contribution in [0.15, 0.2) is 48.1 Å². The summed E-state index contributed by atoms with van der Waals surface area (Å²) < 4.78 is 0. The first kappa shape index (κ1) is 21.6. The number of nitrogens with one attached hydrogen (secondary N) is 1. The third kappa shape index (κ3) is 5.87. The SMILES string of the molecule is Cl.Cl.c1cc(Nc2ccc(CN3CCCCC3)cn2)nc(-c2nccs2)c1. The highest BCUT2D eigenvalue weighted by atomic mass is 35.5. The normalized spacial score (nSPS) is 14.1. The lowest BCUT2D eigenvalue weighted by molar-refractivity contribution is 0.220. The monoisotopic (exact) mass is 423 g/mol. The van der Waals surface area contributed by atoms with Crippen LogP contribution in [0.1, 0.15) is 24.8 Å². The van der Waals surface area contributed by atoms with Gasteiger partial charge in [-0.3, -0.25) is 4.90 Å². The van der Waals surface area contributed by atoms with E-state index in [0.29, 0.717) is 0 Å². The lowest BCUT2D eigenvalue weighted by atomic mass is 10.1. The molecule has 27 heavy (non-hydrogen) atoms. The zero-order valence-electron chi connectivity index (χ0n) is 14.9. The topological polar surface area (TPSA) is 53.9 Å². The summed E-state index contributed by atoms with van der Waals surface area (Å²) in [7, 11) is 0. The molecule has 0 spiro atoms. The summed E-state index contributed by atoms with van der Waals surface area (Å²) in [6, 6.07) is 10.1. The van der Waals surface area contributed by atoms with Gasteiger partial charge < -0.3 is 5.32 Å². The smallest absolute Gasteiger partial charge is 0.141 e. The number of anilines is 2. The Kier molecular flexibility index (Phi) is 8.44. The molecule has 1 aliphatic heterocycles. The maximum Gasteiger partial charge on any atom is 0.141 e. The summed E-state index contributed by atoms with van der Waals surface area (Å²) in [5.41, 5.74) is 2.14. The fourth-order valence-corrected chi connectivity index (χ4v) is 3.68. The van der Waals surface area contributed by atoms with Crippen LogP contribution >= 0.6 is 36.2 Å². The molecule has 144 valence electrons. The van der Waals surface area contributed by atoms with E-state index in [1.807, 2.05) is 35.8 Å². The molecule has 4 rings (SSSR count). The van der Waals surface area contributed by atoms with Gasteiger partial charge in [-0.05, 0) is 49.7 Å². The number of aromatic nitrogens is 3. The van der Waals surface area contributed by atoms with E-state index in [-0.39, 0.29) is 24.8 Å². The van der Waals surface area contributed by atoms with Crippen molar-refractivity contribution in [3.8, 4) is 10.7 Å². The number of halogens is 2. The molecule has 0 radical (unpaired) electrons. The number of pyridine rings is 2. The molecule has 0 atom stereocenters. The molecule has 0 unspecified atom stereocenters. The molecule has 0 amide bonds. The highest BCUT2D eigenvalue weighted by Gasteiger charge is 2.10. The third-order valence-electron chi connectivity index (χ3n) is 4.34. The van der Waals surface area contributed by atoms with Gasteiger partial charge in [-0.2, -0.15) is 0 Å². The predicted molar refractivity (Wildman–Crippen MR) is 116 cm³/mol. The second kappa shape index (κ2) is 10.6. The molecule has 1 saturated heterocycles. The number of piperidine rings is 1. The summed E-state index contributed by atoms with van der Waals surface area (Å²) in [4.78, 5) is 16.0. The molecule has 0 saturated carbocycles. The van der Waals surface area contributed by atoms with Gasteiger partial charge in [0.1, 0.15) is 22.3 Å². The van der Waals surface area contributed by atoms with E-state index in [0.717, 1.165) is 28.9 Å². The molecule has 0 aliphatic carbocycles. The lowest BCUT2D eigenvalue weighted by Gasteiger charge is -2.26. The van der Waals surface area contributed by atoms with Gasteiger partial charge in [-0.15, -0.1) is 36.2 Å². The van der Waals surface area contributed by atoms with Crippen molar-refractivity contribution in [3.05, 3.63) is 53.7 Å². The molecule has 3 aromatic rings. The number of likely N-dealkylation sites (tertiary alicyclic amines) is 1. The van der Waals surface area contributed by atoms with Crippen LogP contribution in [-0.2, 0) is 6.54 Å². The van der Waals surface area contributed by atoms with Gasteiger partial charge in [0.05, 0.1) is 0 Å². The van der Waals surface area contributed by atoms with E-state index in [2.05, 4.69) is 31.2 Å². The van der Waals surface area contributed by atoms with E-state index in [9.17, 15) is 0 Å². The van der Waals surface area contributed by atoms with E-state index in [1.165, 1.54) is 37.9 Å². The minimum absolute atomic E-state index is 0. The molecule has 3 aromatic heterocycles. The Bertz CT molecular complexity index is 805. The van der Waals surface area contributed by atoms with Crippen molar-refractivity contribution in [1.29, 1.82) is 0 Å². The number of rotatable bonds is 5.